The Morgan fingerprint density at radius 3 is 1.69 bits per heavy atom. The van der Waals surface area contributed by atoms with Crippen molar-refractivity contribution in [2.75, 3.05) is 10.6 Å². The van der Waals surface area contributed by atoms with E-state index in [2.05, 4.69) is 22.5 Å². The number of hydrogen-bond donors (Lipinski definition) is 2. The summed E-state index contributed by atoms with van der Waals surface area (Å²) < 4.78 is 0. The summed E-state index contributed by atoms with van der Waals surface area (Å²) in [5.41, 5.74) is 3.20. The van der Waals surface area contributed by atoms with Gasteiger partial charge in [0.2, 0.25) is 0 Å². The molecule has 0 saturated heterocycles. The maximum Gasteiger partial charge on any atom is 0.274 e. The third kappa shape index (κ3) is 5.13. The number of carbonyl (C=O) groups excluding carboxylic acids is 3. The SMILES string of the molecule is CCc1ccc(NC(=O)c2cccc(C(=O)Nc3ccc(C(C)=O)cc3)n2)cc1. The second kappa shape index (κ2) is 8.93. The van der Waals surface area contributed by atoms with Gasteiger partial charge in [-0.3, -0.25) is 14.4 Å². The summed E-state index contributed by atoms with van der Waals surface area (Å²) >= 11 is 0. The van der Waals surface area contributed by atoms with Gasteiger partial charge in [-0.25, -0.2) is 4.98 Å². The van der Waals surface area contributed by atoms with Gasteiger partial charge in [-0.1, -0.05) is 25.1 Å². The number of benzene rings is 2. The molecule has 0 aliphatic rings. The first-order valence-electron chi connectivity index (χ1n) is 9.26. The topological polar surface area (TPSA) is 88.2 Å². The molecule has 3 aromatic rings. The number of rotatable bonds is 6. The molecule has 3 rings (SSSR count). The molecule has 1 aromatic heterocycles. The first-order valence-corrected chi connectivity index (χ1v) is 9.26. The molecule has 0 aliphatic carbocycles. The largest absolute Gasteiger partial charge is 0.321 e. The van der Waals surface area contributed by atoms with Crippen LogP contribution in [0.15, 0.2) is 66.7 Å². The van der Waals surface area contributed by atoms with Crippen LogP contribution < -0.4 is 10.6 Å². The Labute approximate surface area is 169 Å². The van der Waals surface area contributed by atoms with Gasteiger partial charge in [0.05, 0.1) is 0 Å². The predicted molar refractivity (Wildman–Crippen MR) is 112 cm³/mol. The maximum absolute atomic E-state index is 12.5. The van der Waals surface area contributed by atoms with Gasteiger partial charge in [0.15, 0.2) is 5.78 Å². The normalized spacial score (nSPS) is 10.3. The van der Waals surface area contributed by atoms with Gasteiger partial charge < -0.3 is 10.6 Å². The fourth-order valence-corrected chi connectivity index (χ4v) is 2.69. The summed E-state index contributed by atoms with van der Waals surface area (Å²) in [4.78, 5) is 40.4. The molecule has 29 heavy (non-hydrogen) atoms. The molecule has 6 nitrogen and oxygen atoms in total. The minimum atomic E-state index is -0.442. The van der Waals surface area contributed by atoms with Crippen molar-refractivity contribution in [2.45, 2.75) is 20.3 Å². The van der Waals surface area contributed by atoms with Crippen LogP contribution in [-0.2, 0) is 6.42 Å². The molecule has 0 unspecified atom stereocenters. The first kappa shape index (κ1) is 19.9. The number of aromatic nitrogens is 1. The van der Waals surface area contributed by atoms with Crippen LogP contribution in [0.3, 0.4) is 0 Å². The van der Waals surface area contributed by atoms with Gasteiger partial charge in [-0.15, -0.1) is 0 Å². The monoisotopic (exact) mass is 387 g/mol. The van der Waals surface area contributed by atoms with Crippen molar-refractivity contribution < 1.29 is 14.4 Å². The maximum atomic E-state index is 12.5. The molecule has 0 radical (unpaired) electrons. The van der Waals surface area contributed by atoms with E-state index in [1.165, 1.54) is 18.6 Å². The van der Waals surface area contributed by atoms with Crippen molar-refractivity contribution in [3.63, 3.8) is 0 Å². The van der Waals surface area contributed by atoms with Gasteiger partial charge in [0.25, 0.3) is 11.8 Å². The lowest BCUT2D eigenvalue weighted by Crippen LogP contribution is -2.18. The van der Waals surface area contributed by atoms with Crippen LogP contribution in [0, 0.1) is 0 Å². The molecule has 2 amide bonds. The molecule has 0 saturated carbocycles. The van der Waals surface area contributed by atoms with E-state index in [1.807, 2.05) is 24.3 Å². The number of pyridine rings is 1. The molecule has 0 bridgehead atoms. The molecule has 146 valence electrons. The zero-order valence-corrected chi connectivity index (χ0v) is 16.2. The average molecular weight is 387 g/mol. The summed E-state index contributed by atoms with van der Waals surface area (Å²) in [5.74, 6) is -0.884. The van der Waals surface area contributed by atoms with Crippen LogP contribution in [0.25, 0.3) is 0 Å². The number of hydrogen-bond acceptors (Lipinski definition) is 4. The second-order valence-corrected chi connectivity index (χ2v) is 6.50. The molecule has 1 heterocycles. The molecule has 0 fully saturated rings. The number of carbonyl (C=O) groups is 3. The van der Waals surface area contributed by atoms with E-state index in [0.29, 0.717) is 16.9 Å². The van der Waals surface area contributed by atoms with Gasteiger partial charge >= 0.3 is 0 Å². The van der Waals surface area contributed by atoms with Gasteiger partial charge in [0.1, 0.15) is 11.4 Å². The Hall–Kier alpha value is -3.80. The highest BCUT2D eigenvalue weighted by atomic mass is 16.2. The summed E-state index contributed by atoms with van der Waals surface area (Å²) in [6, 6.07) is 18.8. The summed E-state index contributed by atoms with van der Waals surface area (Å²) in [6.07, 6.45) is 0.921. The third-order valence-corrected chi connectivity index (χ3v) is 4.38. The smallest absolute Gasteiger partial charge is 0.274 e. The fourth-order valence-electron chi connectivity index (χ4n) is 2.69. The summed E-state index contributed by atoms with van der Waals surface area (Å²) in [5, 5.41) is 5.49. The molecule has 2 N–H and O–H groups in total. The van der Waals surface area contributed by atoms with Crippen LogP contribution in [-0.4, -0.2) is 22.6 Å². The quantitative estimate of drug-likeness (QED) is 0.616. The van der Waals surface area contributed by atoms with Crippen molar-refractivity contribution in [3.8, 4) is 0 Å². The molecule has 0 atom stereocenters. The minimum absolute atomic E-state index is 0.0485. The zero-order chi connectivity index (χ0) is 20.8. The first-order chi connectivity index (χ1) is 14.0. The van der Waals surface area contributed by atoms with Crippen LogP contribution >= 0.6 is 0 Å². The van der Waals surface area contributed by atoms with E-state index in [4.69, 9.17) is 0 Å². The minimum Gasteiger partial charge on any atom is -0.321 e. The van der Waals surface area contributed by atoms with Crippen molar-refractivity contribution in [3.05, 3.63) is 89.2 Å². The molecular formula is C23H21N3O3. The lowest BCUT2D eigenvalue weighted by atomic mass is 10.1. The van der Waals surface area contributed by atoms with Crippen LogP contribution in [0.4, 0.5) is 11.4 Å². The number of aryl methyl sites for hydroxylation is 1. The van der Waals surface area contributed by atoms with Crippen molar-refractivity contribution >= 4 is 29.0 Å². The number of anilines is 2. The van der Waals surface area contributed by atoms with Gasteiger partial charge in [-0.2, -0.15) is 0 Å². The van der Waals surface area contributed by atoms with Crippen LogP contribution in [0.5, 0.6) is 0 Å². The Morgan fingerprint density at radius 2 is 1.24 bits per heavy atom. The Morgan fingerprint density at radius 1 is 0.759 bits per heavy atom. The summed E-state index contributed by atoms with van der Waals surface area (Å²) in [6.45, 7) is 3.54. The lowest BCUT2D eigenvalue weighted by Gasteiger charge is -2.08. The van der Waals surface area contributed by atoms with Crippen LogP contribution in [0.1, 0.15) is 50.7 Å². The van der Waals surface area contributed by atoms with E-state index < -0.39 is 11.8 Å². The van der Waals surface area contributed by atoms with Gasteiger partial charge in [0, 0.05) is 16.9 Å². The average Bonchev–Trinajstić information content (AvgIpc) is 2.74. The van der Waals surface area contributed by atoms with Crippen molar-refractivity contribution in [1.82, 2.24) is 4.98 Å². The third-order valence-electron chi connectivity index (χ3n) is 4.38. The van der Waals surface area contributed by atoms with E-state index in [-0.39, 0.29) is 17.2 Å². The highest BCUT2D eigenvalue weighted by Gasteiger charge is 2.13. The Balaban J connectivity index is 1.69. The van der Waals surface area contributed by atoms with Gasteiger partial charge in [-0.05, 0) is 67.4 Å². The fraction of sp³-hybridized carbons (Fsp3) is 0.130. The highest BCUT2D eigenvalue weighted by molar-refractivity contribution is 6.06. The number of nitrogens with zero attached hydrogens (tertiary/aromatic N) is 1. The lowest BCUT2D eigenvalue weighted by molar-refractivity contribution is 0.100. The number of amides is 2. The van der Waals surface area contributed by atoms with Crippen LogP contribution in [0.2, 0.25) is 0 Å². The van der Waals surface area contributed by atoms with E-state index in [0.717, 1.165) is 6.42 Å². The number of nitrogens with one attached hydrogen (secondary N) is 2. The molecular weight excluding hydrogens is 366 g/mol. The van der Waals surface area contributed by atoms with E-state index in [9.17, 15) is 14.4 Å². The van der Waals surface area contributed by atoms with E-state index >= 15 is 0 Å². The van der Waals surface area contributed by atoms with Crippen molar-refractivity contribution in [1.29, 1.82) is 0 Å². The highest BCUT2D eigenvalue weighted by Crippen LogP contribution is 2.13. The Bertz CT molecular complexity index is 1040. The predicted octanol–water partition coefficient (Wildman–Crippen LogP) is 4.35. The molecule has 6 heteroatoms. The number of Topliss-reactive ketones (excluding diaryl/α,β-unsaturated/α-hetero) is 1. The molecule has 0 aliphatic heterocycles. The Kier molecular flexibility index (Phi) is 6.14. The second-order valence-electron chi connectivity index (χ2n) is 6.50. The molecule has 2 aromatic carbocycles. The van der Waals surface area contributed by atoms with E-state index in [1.54, 1.807) is 36.4 Å². The summed E-state index contributed by atoms with van der Waals surface area (Å²) in [7, 11) is 0. The number of ketones is 1. The zero-order valence-electron chi connectivity index (χ0n) is 16.2. The van der Waals surface area contributed by atoms with Crippen molar-refractivity contribution in [2.24, 2.45) is 0 Å². The molecule has 0 spiro atoms. The standard InChI is InChI=1S/C23H21N3O3/c1-3-16-7-11-18(12-8-16)24-22(28)20-5-4-6-21(26-20)23(29)25-19-13-9-17(10-14-19)15(2)27/h4-14H,3H2,1-2H3,(H,24,28)(H,25,29).